The van der Waals surface area contributed by atoms with E-state index in [1.807, 2.05) is 0 Å². The van der Waals surface area contributed by atoms with Gasteiger partial charge >= 0.3 is 0 Å². The van der Waals surface area contributed by atoms with Gasteiger partial charge in [0.2, 0.25) is 0 Å². The van der Waals surface area contributed by atoms with Crippen LogP contribution in [0.3, 0.4) is 0 Å². The number of anilines is 1. The lowest BCUT2D eigenvalue weighted by Gasteiger charge is -2.22. The normalized spacial score (nSPS) is 20.0. The Kier molecular flexibility index (Phi) is 4.57. The number of hydrogen-bond donors (Lipinski definition) is 1. The standard InChI is InChI=1S/C15H22FN3O/c1-10(2)11-4-3-8-19(9-6-11)15(20)12-5-7-18-14(17)13(12)16/h5,7,10-11H,3-4,6,8-9H2,1-2H3,(H2,17,18). The summed E-state index contributed by atoms with van der Waals surface area (Å²) in [6, 6.07) is 1.40. The van der Waals surface area contributed by atoms with Crippen molar-refractivity contribution in [3.63, 3.8) is 0 Å². The van der Waals surface area contributed by atoms with E-state index in [0.717, 1.165) is 19.3 Å². The van der Waals surface area contributed by atoms with Crippen LogP contribution in [0.15, 0.2) is 12.3 Å². The molecule has 0 aliphatic carbocycles. The van der Waals surface area contributed by atoms with Crippen molar-refractivity contribution in [3.8, 4) is 0 Å². The van der Waals surface area contributed by atoms with Crippen molar-refractivity contribution < 1.29 is 9.18 Å². The molecule has 0 saturated carbocycles. The lowest BCUT2D eigenvalue weighted by Crippen LogP contribution is -2.33. The van der Waals surface area contributed by atoms with Crippen molar-refractivity contribution in [1.29, 1.82) is 0 Å². The van der Waals surface area contributed by atoms with Crippen molar-refractivity contribution in [2.24, 2.45) is 11.8 Å². The van der Waals surface area contributed by atoms with E-state index in [0.29, 0.717) is 24.9 Å². The van der Waals surface area contributed by atoms with Gasteiger partial charge in [0.15, 0.2) is 11.6 Å². The quantitative estimate of drug-likeness (QED) is 0.905. The van der Waals surface area contributed by atoms with Gasteiger partial charge in [-0.05, 0) is 37.2 Å². The zero-order chi connectivity index (χ0) is 14.7. The molecule has 1 atom stereocenters. The fourth-order valence-corrected chi connectivity index (χ4v) is 2.79. The Hall–Kier alpha value is -1.65. The molecule has 2 rings (SSSR count). The first-order valence-corrected chi connectivity index (χ1v) is 7.20. The molecule has 110 valence electrons. The number of aromatic nitrogens is 1. The van der Waals surface area contributed by atoms with Gasteiger partial charge < -0.3 is 10.6 Å². The Morgan fingerprint density at radius 2 is 2.20 bits per heavy atom. The third-order valence-electron chi connectivity index (χ3n) is 4.15. The summed E-state index contributed by atoms with van der Waals surface area (Å²) in [6.45, 7) is 5.80. The van der Waals surface area contributed by atoms with Crippen LogP contribution in [0.25, 0.3) is 0 Å². The summed E-state index contributed by atoms with van der Waals surface area (Å²) >= 11 is 0. The third kappa shape index (κ3) is 3.08. The highest BCUT2D eigenvalue weighted by Gasteiger charge is 2.25. The number of nitrogens with zero attached hydrogens (tertiary/aromatic N) is 2. The number of likely N-dealkylation sites (tertiary alicyclic amines) is 1. The zero-order valence-electron chi connectivity index (χ0n) is 12.1. The molecule has 1 aliphatic rings. The Bertz CT molecular complexity index is 490. The summed E-state index contributed by atoms with van der Waals surface area (Å²) in [5.41, 5.74) is 5.45. The minimum absolute atomic E-state index is 0.0282. The largest absolute Gasteiger partial charge is 0.381 e. The van der Waals surface area contributed by atoms with Crippen LogP contribution in [-0.4, -0.2) is 28.9 Å². The first kappa shape index (κ1) is 14.8. The van der Waals surface area contributed by atoms with Gasteiger partial charge in [-0.1, -0.05) is 13.8 Å². The maximum Gasteiger partial charge on any atom is 0.257 e. The molecule has 1 amide bonds. The number of rotatable bonds is 2. The second-order valence-corrected chi connectivity index (χ2v) is 5.78. The molecule has 1 fully saturated rings. The van der Waals surface area contributed by atoms with Gasteiger partial charge in [0.05, 0.1) is 5.56 Å². The predicted molar refractivity (Wildman–Crippen MR) is 76.7 cm³/mol. The van der Waals surface area contributed by atoms with E-state index in [2.05, 4.69) is 18.8 Å². The van der Waals surface area contributed by atoms with Crippen LogP contribution in [0.4, 0.5) is 10.2 Å². The van der Waals surface area contributed by atoms with E-state index in [-0.39, 0.29) is 17.3 Å². The van der Waals surface area contributed by atoms with Crippen LogP contribution in [0.1, 0.15) is 43.5 Å². The van der Waals surface area contributed by atoms with Crippen molar-refractivity contribution in [1.82, 2.24) is 9.88 Å². The number of amides is 1. The van der Waals surface area contributed by atoms with Gasteiger partial charge in [0.25, 0.3) is 5.91 Å². The zero-order valence-corrected chi connectivity index (χ0v) is 12.1. The summed E-state index contributed by atoms with van der Waals surface area (Å²) in [6.07, 6.45) is 4.45. The molecule has 4 nitrogen and oxygen atoms in total. The molecule has 1 aromatic heterocycles. The summed E-state index contributed by atoms with van der Waals surface area (Å²) in [7, 11) is 0. The molecule has 1 aromatic rings. The Morgan fingerprint density at radius 1 is 1.45 bits per heavy atom. The van der Waals surface area contributed by atoms with Crippen molar-refractivity contribution >= 4 is 11.7 Å². The van der Waals surface area contributed by atoms with Crippen molar-refractivity contribution in [2.75, 3.05) is 18.8 Å². The van der Waals surface area contributed by atoms with Crippen LogP contribution < -0.4 is 5.73 Å². The average molecular weight is 279 g/mol. The van der Waals surface area contributed by atoms with Gasteiger partial charge in [-0.15, -0.1) is 0 Å². The average Bonchev–Trinajstić information content (AvgIpc) is 2.67. The molecule has 0 radical (unpaired) electrons. The van der Waals surface area contributed by atoms with Gasteiger partial charge in [-0.2, -0.15) is 0 Å². The first-order chi connectivity index (χ1) is 9.50. The molecular weight excluding hydrogens is 257 g/mol. The van der Waals surface area contributed by atoms with Crippen LogP contribution in [-0.2, 0) is 0 Å². The Morgan fingerprint density at radius 3 is 2.90 bits per heavy atom. The molecule has 1 aliphatic heterocycles. The molecule has 5 heteroatoms. The number of halogens is 1. The summed E-state index contributed by atoms with van der Waals surface area (Å²) in [5, 5.41) is 0. The second-order valence-electron chi connectivity index (χ2n) is 5.78. The molecule has 20 heavy (non-hydrogen) atoms. The van der Waals surface area contributed by atoms with Crippen molar-refractivity contribution in [3.05, 3.63) is 23.6 Å². The summed E-state index contributed by atoms with van der Waals surface area (Å²) in [4.78, 5) is 17.8. The molecule has 1 unspecified atom stereocenters. The Labute approximate surface area is 119 Å². The van der Waals surface area contributed by atoms with E-state index in [9.17, 15) is 9.18 Å². The van der Waals surface area contributed by atoms with E-state index < -0.39 is 5.82 Å². The molecule has 1 saturated heterocycles. The second kappa shape index (κ2) is 6.20. The van der Waals surface area contributed by atoms with E-state index in [1.54, 1.807) is 4.90 Å². The molecule has 0 bridgehead atoms. The highest BCUT2D eigenvalue weighted by atomic mass is 19.1. The predicted octanol–water partition coefficient (Wildman–Crippen LogP) is 2.70. The van der Waals surface area contributed by atoms with Crippen LogP contribution in [0.2, 0.25) is 0 Å². The number of pyridine rings is 1. The number of nitrogen functional groups attached to an aromatic ring is 1. The van der Waals surface area contributed by atoms with Crippen LogP contribution in [0, 0.1) is 17.7 Å². The fraction of sp³-hybridized carbons (Fsp3) is 0.600. The highest BCUT2D eigenvalue weighted by Crippen LogP contribution is 2.25. The van der Waals surface area contributed by atoms with Crippen molar-refractivity contribution in [2.45, 2.75) is 33.1 Å². The number of carbonyl (C=O) groups excluding carboxylic acids is 1. The highest BCUT2D eigenvalue weighted by molar-refractivity contribution is 5.95. The van der Waals surface area contributed by atoms with Crippen LogP contribution >= 0.6 is 0 Å². The first-order valence-electron chi connectivity index (χ1n) is 7.20. The smallest absolute Gasteiger partial charge is 0.257 e. The fourth-order valence-electron chi connectivity index (χ4n) is 2.79. The van der Waals surface area contributed by atoms with Gasteiger partial charge in [-0.3, -0.25) is 4.79 Å². The number of nitrogens with two attached hydrogens (primary N) is 1. The van der Waals surface area contributed by atoms with Gasteiger partial charge in [0.1, 0.15) is 0 Å². The minimum atomic E-state index is -0.706. The lowest BCUT2D eigenvalue weighted by molar-refractivity contribution is 0.0754. The van der Waals surface area contributed by atoms with Gasteiger partial charge in [0, 0.05) is 19.3 Å². The summed E-state index contributed by atoms with van der Waals surface area (Å²) < 4.78 is 13.9. The molecule has 2 N–H and O–H groups in total. The topological polar surface area (TPSA) is 59.2 Å². The number of carbonyl (C=O) groups is 1. The molecule has 0 aromatic carbocycles. The summed E-state index contributed by atoms with van der Waals surface area (Å²) in [5.74, 6) is 0.0624. The molecular formula is C15H22FN3O. The lowest BCUT2D eigenvalue weighted by atomic mass is 9.89. The Balaban J connectivity index is 2.11. The number of hydrogen-bond acceptors (Lipinski definition) is 3. The van der Waals surface area contributed by atoms with E-state index in [1.165, 1.54) is 12.3 Å². The third-order valence-corrected chi connectivity index (χ3v) is 4.15. The van der Waals surface area contributed by atoms with Gasteiger partial charge in [-0.25, -0.2) is 9.37 Å². The SMILES string of the molecule is CC(C)C1CCCN(C(=O)c2ccnc(N)c2F)CC1. The maximum atomic E-state index is 13.9. The minimum Gasteiger partial charge on any atom is -0.381 e. The maximum absolute atomic E-state index is 13.9. The monoisotopic (exact) mass is 279 g/mol. The van der Waals surface area contributed by atoms with E-state index in [4.69, 9.17) is 5.73 Å². The molecule has 2 heterocycles. The van der Waals surface area contributed by atoms with E-state index >= 15 is 0 Å². The molecule has 0 spiro atoms. The van der Waals surface area contributed by atoms with Crippen LogP contribution in [0.5, 0.6) is 0 Å².